The van der Waals surface area contributed by atoms with Gasteiger partial charge in [0.05, 0.1) is 6.61 Å². The fraction of sp³-hybridized carbons (Fsp3) is 0.525. The summed E-state index contributed by atoms with van der Waals surface area (Å²) in [7, 11) is 0. The van der Waals surface area contributed by atoms with Gasteiger partial charge in [-0.25, -0.2) is 4.79 Å². The molecule has 1 spiro atoms. The highest BCUT2D eigenvalue weighted by atomic mass is 35.5. The van der Waals surface area contributed by atoms with Gasteiger partial charge in [0.1, 0.15) is 24.5 Å². The monoisotopic (exact) mass is 702 g/mol. The molecule has 4 aliphatic rings. The molecular weight excluding hydrogens is 656 g/mol. The van der Waals surface area contributed by atoms with Crippen LogP contribution in [0.3, 0.4) is 0 Å². The third-order valence-corrected chi connectivity index (χ3v) is 11.6. The van der Waals surface area contributed by atoms with Gasteiger partial charge in [-0.3, -0.25) is 9.78 Å². The van der Waals surface area contributed by atoms with Gasteiger partial charge < -0.3 is 29.0 Å². The lowest BCUT2D eigenvalue weighted by molar-refractivity contribution is -0.156. The molecule has 10 heteroatoms. The number of ether oxygens (including phenoxy) is 5. The zero-order chi connectivity index (χ0) is 34.9. The van der Waals surface area contributed by atoms with Crippen molar-refractivity contribution < 1.29 is 33.3 Å². The first-order chi connectivity index (χ1) is 24.2. The molecule has 0 unspecified atom stereocenters. The van der Waals surface area contributed by atoms with Crippen LogP contribution in [0.1, 0.15) is 94.0 Å². The second kappa shape index (κ2) is 14.3. The molecule has 266 valence electrons. The zero-order valence-corrected chi connectivity index (χ0v) is 30.0. The Kier molecular flexibility index (Phi) is 9.88. The van der Waals surface area contributed by atoms with Crippen molar-refractivity contribution in [2.24, 2.45) is 11.8 Å². The molecule has 3 aromatic rings. The van der Waals surface area contributed by atoms with E-state index < -0.39 is 11.5 Å². The number of benzene rings is 2. The Hall–Kier alpha value is -3.98. The fourth-order valence-corrected chi connectivity index (χ4v) is 9.13. The molecule has 0 bridgehead atoms. The summed E-state index contributed by atoms with van der Waals surface area (Å²) in [4.78, 5) is 29.9. The van der Waals surface area contributed by atoms with Crippen molar-refractivity contribution >= 4 is 29.2 Å². The number of hydrogen-bond acceptors (Lipinski definition) is 9. The van der Waals surface area contributed by atoms with Crippen molar-refractivity contribution in [3.63, 3.8) is 0 Å². The molecule has 1 fully saturated rings. The molecule has 0 saturated heterocycles. The first kappa shape index (κ1) is 34.5. The molecule has 1 saturated carbocycles. The van der Waals surface area contributed by atoms with E-state index in [1.807, 2.05) is 36.5 Å². The third-order valence-electron chi connectivity index (χ3n) is 11.4. The van der Waals surface area contributed by atoms with Crippen LogP contribution in [0, 0.1) is 11.8 Å². The predicted molar refractivity (Wildman–Crippen MR) is 190 cm³/mol. The number of pyridine rings is 1. The Balaban J connectivity index is 1.13. The molecule has 1 N–H and O–H groups in total. The van der Waals surface area contributed by atoms with E-state index in [-0.39, 0.29) is 31.4 Å². The quantitative estimate of drug-likeness (QED) is 0.157. The number of hydrogen-bond donors (Lipinski definition) is 1. The zero-order valence-electron chi connectivity index (χ0n) is 29.2. The molecule has 2 heterocycles. The molecule has 0 radical (unpaired) electrons. The van der Waals surface area contributed by atoms with Crippen molar-refractivity contribution in [2.75, 3.05) is 31.9 Å². The van der Waals surface area contributed by atoms with Gasteiger partial charge in [-0.1, -0.05) is 31.5 Å². The summed E-state index contributed by atoms with van der Waals surface area (Å²) in [5.41, 5.74) is 4.68. The molecule has 0 amide bonds. The minimum Gasteiger partial charge on any atom is -0.493 e. The number of aromatic nitrogens is 1. The largest absolute Gasteiger partial charge is 0.493 e. The number of carbonyl (C=O) groups excluding carboxylic acids is 2. The van der Waals surface area contributed by atoms with Crippen LogP contribution >= 0.6 is 11.6 Å². The Bertz CT molecular complexity index is 1740. The average Bonchev–Trinajstić information content (AvgIpc) is 3.67. The van der Waals surface area contributed by atoms with Crippen LogP contribution in [0.25, 0.3) is 0 Å². The number of nitrogens with zero attached hydrogens (tertiary/aromatic N) is 1. The van der Waals surface area contributed by atoms with Crippen LogP contribution in [0.2, 0.25) is 5.02 Å². The summed E-state index contributed by atoms with van der Waals surface area (Å²) >= 11 is 6.35. The van der Waals surface area contributed by atoms with Crippen molar-refractivity contribution in [1.29, 1.82) is 0 Å². The molecule has 3 aliphatic carbocycles. The number of anilines is 1. The first-order valence-corrected chi connectivity index (χ1v) is 18.4. The Morgan fingerprint density at radius 1 is 1.06 bits per heavy atom. The number of fused-ring (bicyclic) bond motifs is 4. The molecule has 3 atom stereocenters. The Morgan fingerprint density at radius 3 is 2.62 bits per heavy atom. The van der Waals surface area contributed by atoms with Crippen molar-refractivity contribution in [2.45, 2.75) is 95.4 Å². The Morgan fingerprint density at radius 2 is 1.84 bits per heavy atom. The number of halogens is 1. The van der Waals surface area contributed by atoms with Crippen LogP contribution in [0.15, 0.2) is 48.7 Å². The van der Waals surface area contributed by atoms with Gasteiger partial charge in [-0.15, -0.1) is 0 Å². The van der Waals surface area contributed by atoms with Gasteiger partial charge in [-0.05, 0) is 128 Å². The minimum absolute atomic E-state index is 0.00551. The minimum atomic E-state index is -0.971. The van der Waals surface area contributed by atoms with E-state index in [1.54, 1.807) is 0 Å². The SMILES string of the molecule is CC(=O)OCCOC(=O)C1(Nc2cccc(Cl)c2)CCC2(CC1)c1cc3c(cc1C[C@@H]2C[C@@H](C)COc1ccnc2c1[C@H](C)CCC2)OCO3. The highest BCUT2D eigenvalue weighted by Crippen LogP contribution is 2.58. The van der Waals surface area contributed by atoms with E-state index >= 15 is 0 Å². The maximum atomic E-state index is 13.9. The number of esters is 2. The number of carbonyl (C=O) groups is 2. The normalized spacial score (nSPS) is 25.4. The van der Waals surface area contributed by atoms with Gasteiger partial charge in [0.25, 0.3) is 0 Å². The second-order valence-corrected chi connectivity index (χ2v) is 15.2. The summed E-state index contributed by atoms with van der Waals surface area (Å²) < 4.78 is 29.0. The summed E-state index contributed by atoms with van der Waals surface area (Å²) in [5, 5.41) is 4.13. The summed E-state index contributed by atoms with van der Waals surface area (Å²) in [6.07, 6.45) is 9.82. The van der Waals surface area contributed by atoms with E-state index in [4.69, 9.17) is 35.3 Å². The highest BCUT2D eigenvalue weighted by Gasteiger charge is 2.55. The number of rotatable bonds is 11. The van der Waals surface area contributed by atoms with Crippen LogP contribution < -0.4 is 19.5 Å². The highest BCUT2D eigenvalue weighted by molar-refractivity contribution is 6.30. The Labute approximate surface area is 299 Å². The first-order valence-electron chi connectivity index (χ1n) is 18.0. The van der Waals surface area contributed by atoms with E-state index in [0.717, 1.165) is 61.5 Å². The van der Waals surface area contributed by atoms with Crippen molar-refractivity contribution in [1.82, 2.24) is 4.98 Å². The summed E-state index contributed by atoms with van der Waals surface area (Å²) in [5.74, 6) is 2.90. The predicted octanol–water partition coefficient (Wildman–Crippen LogP) is 7.95. The number of nitrogens with one attached hydrogen (secondary N) is 1. The topological polar surface area (TPSA) is 105 Å². The molecular formula is C40H47ClN2O7. The summed E-state index contributed by atoms with van der Waals surface area (Å²) in [6, 6.07) is 13.8. The lowest BCUT2D eigenvalue weighted by Gasteiger charge is -2.48. The molecule has 1 aliphatic heterocycles. The van der Waals surface area contributed by atoms with Gasteiger partial charge in [-0.2, -0.15) is 0 Å². The van der Waals surface area contributed by atoms with Crippen LogP contribution in [0.5, 0.6) is 17.2 Å². The van der Waals surface area contributed by atoms with E-state index in [9.17, 15) is 9.59 Å². The third kappa shape index (κ3) is 6.85. The van der Waals surface area contributed by atoms with Crippen LogP contribution in [-0.2, 0) is 37.3 Å². The maximum absolute atomic E-state index is 13.9. The maximum Gasteiger partial charge on any atom is 0.331 e. The molecule has 7 rings (SSSR count). The van der Waals surface area contributed by atoms with Gasteiger partial charge in [0.2, 0.25) is 6.79 Å². The van der Waals surface area contributed by atoms with E-state index in [1.165, 1.54) is 35.7 Å². The summed E-state index contributed by atoms with van der Waals surface area (Å²) in [6.45, 7) is 6.77. The van der Waals surface area contributed by atoms with E-state index in [2.05, 4.69) is 36.3 Å². The molecule has 9 nitrogen and oxygen atoms in total. The van der Waals surface area contributed by atoms with Gasteiger partial charge >= 0.3 is 11.9 Å². The second-order valence-electron chi connectivity index (χ2n) is 14.7. The standard InChI is InChI=1S/C40H47ClN2O7/c1-25(23-48-34-10-15-42-33-9-4-6-26(2)37(33)34)18-29-19-28-20-35-36(50-24-49-35)22-32(28)39(29)11-13-40(14-12-39,38(45)47-17-16-46-27(3)44)43-31-8-5-7-30(41)21-31/h5,7-8,10,15,20-22,25-26,29,43H,4,6,9,11-14,16-19,23-24H2,1-3H3/t25-,26-,29+,39?,40?/m1/s1. The molecule has 50 heavy (non-hydrogen) atoms. The molecule has 2 aromatic carbocycles. The lowest BCUT2D eigenvalue weighted by Crippen LogP contribution is -2.54. The molecule has 1 aromatic heterocycles. The van der Waals surface area contributed by atoms with Gasteiger partial charge in [0, 0.05) is 35.1 Å². The van der Waals surface area contributed by atoms with Crippen molar-refractivity contribution in [3.05, 3.63) is 76.1 Å². The van der Waals surface area contributed by atoms with E-state index in [0.29, 0.717) is 42.2 Å². The smallest absolute Gasteiger partial charge is 0.331 e. The van der Waals surface area contributed by atoms with Crippen LogP contribution in [-0.4, -0.2) is 49.1 Å². The fourth-order valence-electron chi connectivity index (χ4n) is 8.94. The van der Waals surface area contributed by atoms with Crippen LogP contribution in [0.4, 0.5) is 5.69 Å². The number of aryl methyl sites for hydroxylation is 1. The van der Waals surface area contributed by atoms with Crippen molar-refractivity contribution in [3.8, 4) is 17.2 Å². The average molecular weight is 703 g/mol. The lowest BCUT2D eigenvalue weighted by atomic mass is 9.59. The van der Waals surface area contributed by atoms with Gasteiger partial charge in [0.15, 0.2) is 11.5 Å².